The van der Waals surface area contributed by atoms with Crippen LogP contribution in [-0.2, 0) is 22.6 Å². The number of phenols is 1. The molecule has 24 heavy (non-hydrogen) atoms. The van der Waals surface area contributed by atoms with Crippen molar-refractivity contribution >= 4 is 11.9 Å². The highest BCUT2D eigenvalue weighted by atomic mass is 16.5. The maximum absolute atomic E-state index is 12.3. The highest BCUT2D eigenvalue weighted by molar-refractivity contribution is 5.99. The molecular weight excluding hydrogens is 310 g/mol. The van der Waals surface area contributed by atoms with E-state index in [9.17, 15) is 14.7 Å². The van der Waals surface area contributed by atoms with Gasteiger partial charge >= 0.3 is 5.97 Å². The third-order valence-corrected chi connectivity index (χ3v) is 3.56. The summed E-state index contributed by atoms with van der Waals surface area (Å²) in [6, 6.07) is 12.6. The predicted octanol–water partition coefficient (Wildman–Crippen LogP) is 1.40. The van der Waals surface area contributed by atoms with Crippen LogP contribution in [0, 0.1) is 0 Å². The van der Waals surface area contributed by atoms with E-state index in [4.69, 9.17) is 9.84 Å². The number of esters is 1. The van der Waals surface area contributed by atoms with Crippen LogP contribution in [0.2, 0.25) is 0 Å². The minimum Gasteiger partial charge on any atom is -0.507 e. The van der Waals surface area contributed by atoms with Crippen molar-refractivity contribution in [3.8, 4) is 5.75 Å². The number of ether oxygens (including phenoxy) is 1. The lowest BCUT2D eigenvalue weighted by Crippen LogP contribution is -2.43. The molecular formula is C18H19NO5. The van der Waals surface area contributed by atoms with Crippen LogP contribution in [-0.4, -0.2) is 35.2 Å². The van der Waals surface area contributed by atoms with Crippen molar-refractivity contribution in [1.29, 1.82) is 0 Å². The van der Waals surface area contributed by atoms with E-state index in [-0.39, 0.29) is 24.3 Å². The molecule has 126 valence electrons. The predicted molar refractivity (Wildman–Crippen MR) is 87.4 cm³/mol. The largest absolute Gasteiger partial charge is 0.507 e. The van der Waals surface area contributed by atoms with Crippen molar-refractivity contribution in [1.82, 2.24) is 5.32 Å². The Balaban J connectivity index is 2.16. The van der Waals surface area contributed by atoms with Gasteiger partial charge in [0.1, 0.15) is 11.8 Å². The Labute approximate surface area is 139 Å². The third kappa shape index (κ3) is 4.33. The lowest BCUT2D eigenvalue weighted by Gasteiger charge is -2.17. The van der Waals surface area contributed by atoms with Crippen molar-refractivity contribution in [2.24, 2.45) is 0 Å². The molecule has 0 saturated heterocycles. The number of rotatable bonds is 6. The van der Waals surface area contributed by atoms with Gasteiger partial charge in [-0.2, -0.15) is 0 Å². The summed E-state index contributed by atoms with van der Waals surface area (Å²) in [5.74, 6) is -1.43. The molecule has 2 rings (SSSR count). The molecule has 0 saturated carbocycles. The molecule has 0 unspecified atom stereocenters. The van der Waals surface area contributed by atoms with Crippen molar-refractivity contribution in [2.45, 2.75) is 19.1 Å². The Hall–Kier alpha value is -2.86. The van der Waals surface area contributed by atoms with Crippen LogP contribution in [0.1, 0.15) is 21.5 Å². The van der Waals surface area contributed by atoms with E-state index >= 15 is 0 Å². The molecule has 0 aliphatic carbocycles. The number of aliphatic hydroxyl groups excluding tert-OH is 1. The summed E-state index contributed by atoms with van der Waals surface area (Å²) >= 11 is 0. The van der Waals surface area contributed by atoms with Crippen molar-refractivity contribution in [3.63, 3.8) is 0 Å². The molecule has 2 aromatic rings. The Morgan fingerprint density at radius 3 is 2.42 bits per heavy atom. The summed E-state index contributed by atoms with van der Waals surface area (Å²) < 4.78 is 4.74. The van der Waals surface area contributed by atoms with E-state index in [2.05, 4.69) is 5.32 Å². The molecule has 0 heterocycles. The van der Waals surface area contributed by atoms with Crippen LogP contribution >= 0.6 is 0 Å². The van der Waals surface area contributed by atoms with Gasteiger partial charge in [-0.25, -0.2) is 4.79 Å². The van der Waals surface area contributed by atoms with Crippen LogP contribution in [0.5, 0.6) is 5.75 Å². The number of aromatic hydroxyl groups is 1. The molecule has 1 atom stereocenters. The molecule has 0 radical (unpaired) electrons. The van der Waals surface area contributed by atoms with E-state index in [1.165, 1.54) is 25.3 Å². The first-order valence-corrected chi connectivity index (χ1v) is 7.40. The van der Waals surface area contributed by atoms with Crippen molar-refractivity contribution in [2.75, 3.05) is 7.11 Å². The number of hydrogen-bond donors (Lipinski definition) is 3. The number of hydrogen-bond acceptors (Lipinski definition) is 5. The van der Waals surface area contributed by atoms with Crippen LogP contribution < -0.4 is 5.32 Å². The molecule has 1 amide bonds. The molecule has 0 bridgehead atoms. The lowest BCUT2D eigenvalue weighted by molar-refractivity contribution is -0.142. The molecule has 0 aromatic heterocycles. The number of nitrogens with one attached hydrogen (secondary N) is 1. The Kier molecular flexibility index (Phi) is 5.92. The van der Waals surface area contributed by atoms with E-state index in [1.54, 1.807) is 0 Å². The van der Waals surface area contributed by atoms with Crippen LogP contribution in [0.3, 0.4) is 0 Å². The van der Waals surface area contributed by atoms with Crippen LogP contribution in [0.15, 0.2) is 48.5 Å². The average Bonchev–Trinajstić information content (AvgIpc) is 2.61. The molecule has 0 aliphatic heterocycles. The second-order valence-corrected chi connectivity index (χ2v) is 5.25. The van der Waals surface area contributed by atoms with Gasteiger partial charge in [0.2, 0.25) is 0 Å². The second-order valence-electron chi connectivity index (χ2n) is 5.25. The van der Waals surface area contributed by atoms with Gasteiger partial charge in [0, 0.05) is 6.42 Å². The van der Waals surface area contributed by atoms with Crippen molar-refractivity contribution in [3.05, 3.63) is 65.2 Å². The Morgan fingerprint density at radius 2 is 1.83 bits per heavy atom. The van der Waals surface area contributed by atoms with E-state index < -0.39 is 17.9 Å². The van der Waals surface area contributed by atoms with E-state index in [0.29, 0.717) is 5.56 Å². The first-order chi connectivity index (χ1) is 11.5. The second kappa shape index (κ2) is 8.12. The zero-order valence-electron chi connectivity index (χ0n) is 13.2. The fourth-order valence-corrected chi connectivity index (χ4v) is 2.29. The van der Waals surface area contributed by atoms with Gasteiger partial charge in [0.05, 0.1) is 19.3 Å². The first-order valence-electron chi connectivity index (χ1n) is 7.40. The SMILES string of the molecule is COC(=O)[C@H](Cc1ccccc1)NC(=O)c1ccc(CO)cc1O. The van der Waals surface area contributed by atoms with E-state index in [1.807, 2.05) is 30.3 Å². The van der Waals surface area contributed by atoms with Gasteiger partial charge in [-0.05, 0) is 23.3 Å². The standard InChI is InChI=1S/C18H19NO5/c1-24-18(23)15(9-12-5-3-2-4-6-12)19-17(22)14-8-7-13(11-20)10-16(14)21/h2-8,10,15,20-21H,9,11H2,1H3,(H,19,22)/t15-/m0/s1. The summed E-state index contributed by atoms with van der Waals surface area (Å²) in [6.07, 6.45) is 0.273. The maximum atomic E-state index is 12.3. The van der Waals surface area contributed by atoms with Gasteiger partial charge in [-0.3, -0.25) is 4.79 Å². The number of benzene rings is 2. The van der Waals surface area contributed by atoms with E-state index in [0.717, 1.165) is 5.56 Å². The normalized spacial score (nSPS) is 11.6. The quantitative estimate of drug-likeness (QED) is 0.696. The van der Waals surface area contributed by atoms with Gasteiger partial charge < -0.3 is 20.3 Å². The highest BCUT2D eigenvalue weighted by Gasteiger charge is 2.23. The fraction of sp³-hybridized carbons (Fsp3) is 0.222. The topological polar surface area (TPSA) is 95.9 Å². The Morgan fingerprint density at radius 1 is 1.12 bits per heavy atom. The van der Waals surface area contributed by atoms with Gasteiger partial charge in [0.25, 0.3) is 5.91 Å². The van der Waals surface area contributed by atoms with Crippen LogP contribution in [0.25, 0.3) is 0 Å². The average molecular weight is 329 g/mol. The van der Waals surface area contributed by atoms with Gasteiger partial charge in [0.15, 0.2) is 0 Å². The first kappa shape index (κ1) is 17.5. The molecule has 0 aliphatic rings. The highest BCUT2D eigenvalue weighted by Crippen LogP contribution is 2.19. The summed E-state index contributed by atoms with van der Waals surface area (Å²) in [5, 5.41) is 21.5. The minimum atomic E-state index is -0.873. The number of phenolic OH excluding ortho intramolecular Hbond substituents is 1. The third-order valence-electron chi connectivity index (χ3n) is 3.56. The van der Waals surface area contributed by atoms with Crippen molar-refractivity contribution < 1.29 is 24.5 Å². The molecule has 2 aromatic carbocycles. The maximum Gasteiger partial charge on any atom is 0.328 e. The van der Waals surface area contributed by atoms with Gasteiger partial charge in [-0.1, -0.05) is 36.4 Å². The molecule has 6 heteroatoms. The summed E-state index contributed by atoms with van der Waals surface area (Å²) in [6.45, 7) is -0.242. The van der Waals surface area contributed by atoms with Gasteiger partial charge in [-0.15, -0.1) is 0 Å². The summed E-state index contributed by atoms with van der Waals surface area (Å²) in [5.41, 5.74) is 1.38. The smallest absolute Gasteiger partial charge is 0.328 e. The lowest BCUT2D eigenvalue weighted by atomic mass is 10.0. The zero-order valence-corrected chi connectivity index (χ0v) is 13.2. The van der Waals surface area contributed by atoms with Crippen LogP contribution in [0.4, 0.5) is 0 Å². The molecule has 0 fully saturated rings. The fourth-order valence-electron chi connectivity index (χ4n) is 2.29. The monoisotopic (exact) mass is 329 g/mol. The number of carbonyl (C=O) groups excluding carboxylic acids is 2. The number of methoxy groups -OCH3 is 1. The number of aliphatic hydroxyl groups is 1. The summed E-state index contributed by atoms with van der Waals surface area (Å²) in [4.78, 5) is 24.3. The Bertz CT molecular complexity index is 715. The minimum absolute atomic E-state index is 0.0224. The number of carbonyl (C=O) groups is 2. The zero-order chi connectivity index (χ0) is 17.5. The molecule has 0 spiro atoms. The molecule has 6 nitrogen and oxygen atoms in total. The number of amides is 1. The molecule has 3 N–H and O–H groups in total. The summed E-state index contributed by atoms with van der Waals surface area (Å²) in [7, 11) is 1.25.